The molecule has 2 heterocycles. The Bertz CT molecular complexity index is 599. The molecule has 0 spiro atoms. The number of carbonyl (C=O) groups excluding carboxylic acids is 1. The Labute approximate surface area is 121 Å². The Kier molecular flexibility index (Phi) is 4.83. The largest absolute Gasteiger partial charge is 0.359 e. The Hall–Kier alpha value is -1.77. The molecular weight excluding hydrogens is 276 g/mol. The third-order valence-corrected chi connectivity index (χ3v) is 3.73. The van der Waals surface area contributed by atoms with Crippen molar-refractivity contribution in [1.29, 1.82) is 0 Å². The van der Waals surface area contributed by atoms with Crippen LogP contribution in [0.1, 0.15) is 12.2 Å². The first-order valence-electron chi connectivity index (χ1n) is 6.24. The number of hydrogen-bond acceptors (Lipinski definition) is 7. The molecule has 0 aliphatic carbocycles. The minimum Gasteiger partial charge on any atom is -0.359 e. The zero-order chi connectivity index (χ0) is 14.5. The van der Waals surface area contributed by atoms with E-state index in [-0.39, 0.29) is 5.91 Å². The van der Waals surface area contributed by atoms with E-state index in [1.165, 1.54) is 0 Å². The van der Waals surface area contributed by atoms with Crippen LogP contribution in [-0.2, 0) is 11.3 Å². The van der Waals surface area contributed by atoms with E-state index in [9.17, 15) is 4.79 Å². The van der Waals surface area contributed by atoms with Gasteiger partial charge in [0.15, 0.2) is 5.82 Å². The van der Waals surface area contributed by atoms with Crippen LogP contribution in [-0.4, -0.2) is 41.4 Å². The molecule has 0 fully saturated rings. The Morgan fingerprint density at radius 2 is 2.30 bits per heavy atom. The number of carbonyl (C=O) groups is 1. The van der Waals surface area contributed by atoms with Gasteiger partial charge in [0.25, 0.3) is 0 Å². The lowest BCUT2D eigenvalue weighted by atomic mass is 10.3. The molecule has 4 N–H and O–H groups in total. The zero-order valence-electron chi connectivity index (χ0n) is 11.5. The molecule has 0 aliphatic heterocycles. The third-order valence-electron chi connectivity index (χ3n) is 2.92. The van der Waals surface area contributed by atoms with E-state index in [1.54, 1.807) is 18.4 Å². The van der Waals surface area contributed by atoms with Crippen molar-refractivity contribution in [2.24, 2.45) is 5.84 Å². The number of nitrogens with two attached hydrogens (primary N) is 1. The number of fused-ring (bicyclic) bond motifs is 1. The first-order chi connectivity index (χ1) is 9.63. The van der Waals surface area contributed by atoms with Crippen molar-refractivity contribution in [2.45, 2.75) is 13.0 Å². The Morgan fingerprint density at radius 3 is 3.00 bits per heavy atom. The second-order valence-corrected chi connectivity index (χ2v) is 5.33. The molecule has 20 heavy (non-hydrogen) atoms. The first kappa shape index (κ1) is 14.6. The summed E-state index contributed by atoms with van der Waals surface area (Å²) in [5.74, 6) is 6.83. The number of nitrogens with zero attached hydrogens (tertiary/aromatic N) is 3. The topological polar surface area (TPSA) is 96.2 Å². The standard InChI is InChI=1S/C12H18N6OS/c1-14-10(19)3-5-18(2)7-9-15-11(17-13)8-4-6-20-12(8)16-9/h4,6H,3,5,7,13H2,1-2H3,(H,14,19)(H,15,16,17). The average molecular weight is 294 g/mol. The highest BCUT2D eigenvalue weighted by molar-refractivity contribution is 7.16. The summed E-state index contributed by atoms with van der Waals surface area (Å²) in [6.45, 7) is 1.22. The van der Waals surface area contributed by atoms with Gasteiger partial charge in [0.05, 0.1) is 11.9 Å². The lowest BCUT2D eigenvalue weighted by Crippen LogP contribution is -2.27. The lowest BCUT2D eigenvalue weighted by molar-refractivity contribution is -0.120. The van der Waals surface area contributed by atoms with Crippen LogP contribution in [0.4, 0.5) is 5.82 Å². The highest BCUT2D eigenvalue weighted by Gasteiger charge is 2.10. The van der Waals surface area contributed by atoms with Crippen molar-refractivity contribution in [3.63, 3.8) is 0 Å². The van der Waals surface area contributed by atoms with E-state index in [1.807, 2.05) is 23.4 Å². The molecule has 8 heteroatoms. The number of anilines is 1. The van der Waals surface area contributed by atoms with Crippen molar-refractivity contribution < 1.29 is 4.79 Å². The predicted octanol–water partition coefficient (Wildman–Crippen LogP) is 0.545. The molecule has 0 unspecified atom stereocenters. The van der Waals surface area contributed by atoms with Gasteiger partial charge in [-0.25, -0.2) is 15.8 Å². The quantitative estimate of drug-likeness (QED) is 0.532. The summed E-state index contributed by atoms with van der Waals surface area (Å²) in [6.07, 6.45) is 0.455. The first-order valence-corrected chi connectivity index (χ1v) is 7.12. The highest BCUT2D eigenvalue weighted by Crippen LogP contribution is 2.24. The molecule has 0 saturated carbocycles. The molecule has 0 aliphatic rings. The van der Waals surface area contributed by atoms with Gasteiger partial charge in [-0.1, -0.05) is 0 Å². The van der Waals surface area contributed by atoms with Gasteiger partial charge in [-0.15, -0.1) is 11.3 Å². The minimum absolute atomic E-state index is 0.0239. The second-order valence-electron chi connectivity index (χ2n) is 4.43. The molecule has 0 radical (unpaired) electrons. The third kappa shape index (κ3) is 3.41. The monoisotopic (exact) mass is 294 g/mol. The van der Waals surface area contributed by atoms with Gasteiger partial charge >= 0.3 is 0 Å². The summed E-state index contributed by atoms with van der Waals surface area (Å²) in [5, 5.41) is 5.48. The number of aromatic nitrogens is 2. The zero-order valence-corrected chi connectivity index (χ0v) is 12.3. The molecule has 1 amide bonds. The van der Waals surface area contributed by atoms with E-state index in [4.69, 9.17) is 5.84 Å². The maximum Gasteiger partial charge on any atom is 0.221 e. The van der Waals surface area contributed by atoms with E-state index < -0.39 is 0 Å². The van der Waals surface area contributed by atoms with Crippen LogP contribution in [0.15, 0.2) is 11.4 Å². The number of nitrogens with one attached hydrogen (secondary N) is 2. The lowest BCUT2D eigenvalue weighted by Gasteiger charge is -2.15. The molecule has 2 aromatic heterocycles. The van der Waals surface area contributed by atoms with E-state index in [0.29, 0.717) is 31.2 Å². The van der Waals surface area contributed by atoms with Crippen LogP contribution >= 0.6 is 11.3 Å². The van der Waals surface area contributed by atoms with Crippen LogP contribution < -0.4 is 16.6 Å². The number of amides is 1. The summed E-state index contributed by atoms with van der Waals surface area (Å²) < 4.78 is 0. The minimum atomic E-state index is 0.0239. The average Bonchev–Trinajstić information content (AvgIpc) is 2.92. The van der Waals surface area contributed by atoms with Crippen LogP contribution in [0, 0.1) is 0 Å². The number of nitrogen functional groups attached to an aromatic ring is 1. The highest BCUT2D eigenvalue weighted by atomic mass is 32.1. The van der Waals surface area contributed by atoms with Gasteiger partial charge in [-0.3, -0.25) is 9.69 Å². The van der Waals surface area contributed by atoms with Gasteiger partial charge in [-0.2, -0.15) is 0 Å². The van der Waals surface area contributed by atoms with Gasteiger partial charge in [-0.05, 0) is 18.5 Å². The SMILES string of the molecule is CNC(=O)CCN(C)Cc1nc(NN)c2ccsc2n1. The molecule has 108 valence electrons. The number of hydrogen-bond donors (Lipinski definition) is 3. The summed E-state index contributed by atoms with van der Waals surface area (Å²) in [6, 6.07) is 1.94. The number of rotatable bonds is 6. The molecule has 0 bridgehead atoms. The van der Waals surface area contributed by atoms with Crippen LogP contribution in [0.5, 0.6) is 0 Å². The molecule has 2 rings (SSSR count). The van der Waals surface area contributed by atoms with E-state index in [2.05, 4.69) is 20.7 Å². The van der Waals surface area contributed by atoms with Crippen molar-refractivity contribution in [1.82, 2.24) is 20.2 Å². The maximum atomic E-state index is 11.2. The fraction of sp³-hybridized carbons (Fsp3) is 0.417. The molecule has 2 aromatic rings. The van der Waals surface area contributed by atoms with Gasteiger partial charge in [0, 0.05) is 20.0 Å². The molecule has 0 aromatic carbocycles. The molecule has 0 saturated heterocycles. The smallest absolute Gasteiger partial charge is 0.221 e. The van der Waals surface area contributed by atoms with Crippen LogP contribution in [0.25, 0.3) is 10.2 Å². The molecule has 7 nitrogen and oxygen atoms in total. The second kappa shape index (κ2) is 6.60. The maximum absolute atomic E-state index is 11.2. The summed E-state index contributed by atoms with van der Waals surface area (Å²) in [4.78, 5) is 23.0. The predicted molar refractivity (Wildman–Crippen MR) is 80.2 cm³/mol. The van der Waals surface area contributed by atoms with Crippen molar-refractivity contribution in [3.8, 4) is 0 Å². The van der Waals surface area contributed by atoms with Crippen molar-refractivity contribution in [3.05, 3.63) is 17.3 Å². The Morgan fingerprint density at radius 1 is 1.50 bits per heavy atom. The summed E-state index contributed by atoms with van der Waals surface area (Å²) in [5.41, 5.74) is 2.60. The van der Waals surface area contributed by atoms with E-state index >= 15 is 0 Å². The summed E-state index contributed by atoms with van der Waals surface area (Å²) in [7, 11) is 3.57. The van der Waals surface area contributed by atoms with Crippen molar-refractivity contribution in [2.75, 3.05) is 26.1 Å². The van der Waals surface area contributed by atoms with Crippen molar-refractivity contribution >= 4 is 33.3 Å². The van der Waals surface area contributed by atoms with Crippen LogP contribution in [0.3, 0.4) is 0 Å². The van der Waals surface area contributed by atoms with Crippen LogP contribution in [0.2, 0.25) is 0 Å². The fourth-order valence-electron chi connectivity index (χ4n) is 1.82. The van der Waals surface area contributed by atoms with Gasteiger partial charge in [0.1, 0.15) is 10.7 Å². The fourth-order valence-corrected chi connectivity index (χ4v) is 2.60. The molecule has 0 atom stereocenters. The van der Waals surface area contributed by atoms with E-state index in [0.717, 1.165) is 10.2 Å². The number of thiophene rings is 1. The van der Waals surface area contributed by atoms with Gasteiger partial charge < -0.3 is 10.7 Å². The number of hydrazine groups is 1. The molecular formula is C12H18N6OS. The normalized spacial score (nSPS) is 11.0. The Balaban J connectivity index is 2.07. The van der Waals surface area contributed by atoms with Gasteiger partial charge in [0.2, 0.25) is 5.91 Å². The summed E-state index contributed by atoms with van der Waals surface area (Å²) >= 11 is 1.55.